The van der Waals surface area contributed by atoms with Gasteiger partial charge in [0, 0.05) is 12.6 Å². The van der Waals surface area contributed by atoms with E-state index >= 15 is 0 Å². The van der Waals surface area contributed by atoms with Crippen LogP contribution in [0.2, 0.25) is 0 Å². The van der Waals surface area contributed by atoms with Gasteiger partial charge in [0.25, 0.3) is 5.91 Å². The summed E-state index contributed by atoms with van der Waals surface area (Å²) in [5.74, 6) is 0.218. The average Bonchev–Trinajstić information content (AvgIpc) is 3.17. The molecule has 3 rings (SSSR count). The Bertz CT molecular complexity index is 550. The number of amides is 1. The molecule has 1 aliphatic rings. The van der Waals surface area contributed by atoms with Crippen molar-refractivity contribution in [3.05, 3.63) is 58.3 Å². The van der Waals surface area contributed by atoms with E-state index < -0.39 is 0 Å². The van der Waals surface area contributed by atoms with Crippen molar-refractivity contribution in [1.29, 1.82) is 0 Å². The highest BCUT2D eigenvalue weighted by Gasteiger charge is 2.29. The molecule has 1 aromatic carbocycles. The standard InChI is InChI=1S/C17H19NOS/c19-17(16-9-5-13-20-16)18-12-4-8-15(18)11-10-14-6-2-1-3-7-14/h1-3,5-7,9,13,15H,4,8,10-12H2. The number of hydrogen-bond donors (Lipinski definition) is 0. The van der Waals surface area contributed by atoms with Crippen LogP contribution >= 0.6 is 11.3 Å². The number of benzene rings is 1. The predicted molar refractivity (Wildman–Crippen MR) is 83.1 cm³/mol. The molecule has 1 aliphatic heterocycles. The molecule has 1 unspecified atom stereocenters. The second kappa shape index (κ2) is 6.23. The minimum atomic E-state index is 0.218. The van der Waals surface area contributed by atoms with E-state index in [1.54, 1.807) is 11.3 Å². The molecule has 20 heavy (non-hydrogen) atoms. The zero-order valence-corrected chi connectivity index (χ0v) is 12.3. The number of rotatable bonds is 4. The maximum atomic E-state index is 12.5. The summed E-state index contributed by atoms with van der Waals surface area (Å²) in [5, 5.41) is 1.97. The minimum Gasteiger partial charge on any atom is -0.335 e. The SMILES string of the molecule is O=C(c1cccs1)N1CCCC1CCc1ccccc1. The zero-order chi connectivity index (χ0) is 13.8. The summed E-state index contributed by atoms with van der Waals surface area (Å²) in [5.41, 5.74) is 1.36. The summed E-state index contributed by atoms with van der Waals surface area (Å²) in [6, 6.07) is 14.8. The van der Waals surface area contributed by atoms with Gasteiger partial charge in [0.15, 0.2) is 0 Å². The van der Waals surface area contributed by atoms with Crippen molar-refractivity contribution in [1.82, 2.24) is 4.90 Å². The van der Waals surface area contributed by atoms with Gasteiger partial charge in [-0.25, -0.2) is 0 Å². The molecule has 0 N–H and O–H groups in total. The Hall–Kier alpha value is -1.61. The summed E-state index contributed by atoms with van der Waals surface area (Å²) in [4.78, 5) is 15.4. The van der Waals surface area contributed by atoms with Crippen molar-refractivity contribution in [2.75, 3.05) is 6.54 Å². The van der Waals surface area contributed by atoms with Gasteiger partial charge in [-0.1, -0.05) is 36.4 Å². The predicted octanol–water partition coefficient (Wildman–Crippen LogP) is 3.99. The van der Waals surface area contributed by atoms with Crippen LogP contribution in [0.15, 0.2) is 47.8 Å². The van der Waals surface area contributed by atoms with Gasteiger partial charge < -0.3 is 4.90 Å². The lowest BCUT2D eigenvalue weighted by atomic mass is 10.0. The first-order valence-corrected chi connectivity index (χ1v) is 8.11. The molecule has 1 amide bonds. The Kier molecular flexibility index (Phi) is 4.16. The molecule has 0 aliphatic carbocycles. The maximum absolute atomic E-state index is 12.5. The van der Waals surface area contributed by atoms with E-state index in [9.17, 15) is 4.79 Å². The van der Waals surface area contributed by atoms with Crippen LogP contribution < -0.4 is 0 Å². The second-order valence-corrected chi connectivity index (χ2v) is 6.24. The third-order valence-corrected chi connectivity index (χ3v) is 4.84. The van der Waals surface area contributed by atoms with Crippen molar-refractivity contribution >= 4 is 17.2 Å². The Morgan fingerprint density at radius 2 is 2.05 bits per heavy atom. The van der Waals surface area contributed by atoms with Gasteiger partial charge >= 0.3 is 0 Å². The normalized spacial score (nSPS) is 18.4. The smallest absolute Gasteiger partial charge is 0.264 e. The summed E-state index contributed by atoms with van der Waals surface area (Å²) in [6.45, 7) is 0.913. The topological polar surface area (TPSA) is 20.3 Å². The largest absolute Gasteiger partial charge is 0.335 e. The molecule has 0 radical (unpaired) electrons. The van der Waals surface area contributed by atoms with Crippen LogP contribution in [-0.2, 0) is 6.42 Å². The van der Waals surface area contributed by atoms with Crippen molar-refractivity contribution in [3.8, 4) is 0 Å². The third-order valence-electron chi connectivity index (χ3n) is 3.98. The van der Waals surface area contributed by atoms with Gasteiger partial charge in [-0.2, -0.15) is 0 Å². The molecule has 104 valence electrons. The average molecular weight is 285 g/mol. The summed E-state index contributed by atoms with van der Waals surface area (Å²) >= 11 is 1.54. The molecule has 0 saturated carbocycles. The van der Waals surface area contributed by atoms with E-state index in [0.717, 1.165) is 37.1 Å². The van der Waals surface area contributed by atoms with E-state index in [0.29, 0.717) is 6.04 Å². The quantitative estimate of drug-likeness (QED) is 0.832. The van der Waals surface area contributed by atoms with E-state index in [4.69, 9.17) is 0 Å². The summed E-state index contributed by atoms with van der Waals surface area (Å²) in [7, 11) is 0. The highest BCUT2D eigenvalue weighted by molar-refractivity contribution is 7.12. The van der Waals surface area contributed by atoms with Crippen LogP contribution in [0, 0.1) is 0 Å². The first kappa shape index (κ1) is 13.4. The Morgan fingerprint density at radius 1 is 1.20 bits per heavy atom. The van der Waals surface area contributed by atoms with E-state index in [1.165, 1.54) is 5.56 Å². The first-order chi connectivity index (χ1) is 9.84. The number of carbonyl (C=O) groups is 1. The fraction of sp³-hybridized carbons (Fsp3) is 0.353. The molecule has 1 atom stereocenters. The van der Waals surface area contributed by atoms with Crippen LogP contribution in [0.25, 0.3) is 0 Å². The number of carbonyl (C=O) groups excluding carboxylic acids is 1. The maximum Gasteiger partial charge on any atom is 0.264 e. The Balaban J connectivity index is 1.63. The van der Waals surface area contributed by atoms with Gasteiger partial charge in [0.05, 0.1) is 4.88 Å². The lowest BCUT2D eigenvalue weighted by molar-refractivity contribution is 0.0735. The van der Waals surface area contributed by atoms with E-state index in [1.807, 2.05) is 23.6 Å². The van der Waals surface area contributed by atoms with Crippen LogP contribution in [0.5, 0.6) is 0 Å². The molecule has 2 aromatic rings. The van der Waals surface area contributed by atoms with Crippen LogP contribution in [0.3, 0.4) is 0 Å². The van der Waals surface area contributed by atoms with Crippen molar-refractivity contribution in [2.24, 2.45) is 0 Å². The highest BCUT2D eigenvalue weighted by Crippen LogP contribution is 2.25. The number of thiophene rings is 1. The van der Waals surface area contributed by atoms with Crippen molar-refractivity contribution < 1.29 is 4.79 Å². The van der Waals surface area contributed by atoms with Crippen LogP contribution in [-0.4, -0.2) is 23.4 Å². The first-order valence-electron chi connectivity index (χ1n) is 7.23. The van der Waals surface area contributed by atoms with Crippen LogP contribution in [0.1, 0.15) is 34.5 Å². The molecule has 1 saturated heterocycles. The van der Waals surface area contributed by atoms with E-state index in [2.05, 4.69) is 29.2 Å². The Morgan fingerprint density at radius 3 is 2.80 bits per heavy atom. The van der Waals surface area contributed by atoms with Gasteiger partial charge in [-0.05, 0) is 42.7 Å². The van der Waals surface area contributed by atoms with E-state index in [-0.39, 0.29) is 5.91 Å². The fourth-order valence-corrected chi connectivity index (χ4v) is 3.60. The van der Waals surface area contributed by atoms with Gasteiger partial charge in [-0.3, -0.25) is 4.79 Å². The molecule has 0 bridgehead atoms. The molecule has 0 spiro atoms. The molecular formula is C17H19NOS. The number of hydrogen-bond acceptors (Lipinski definition) is 2. The highest BCUT2D eigenvalue weighted by atomic mass is 32.1. The molecule has 1 aromatic heterocycles. The van der Waals surface area contributed by atoms with Gasteiger partial charge in [0.1, 0.15) is 0 Å². The second-order valence-electron chi connectivity index (χ2n) is 5.30. The minimum absolute atomic E-state index is 0.218. The number of nitrogens with zero attached hydrogens (tertiary/aromatic N) is 1. The lowest BCUT2D eigenvalue weighted by Gasteiger charge is -2.24. The molecular weight excluding hydrogens is 266 g/mol. The molecule has 2 nitrogen and oxygen atoms in total. The van der Waals surface area contributed by atoms with Crippen molar-refractivity contribution in [3.63, 3.8) is 0 Å². The monoisotopic (exact) mass is 285 g/mol. The van der Waals surface area contributed by atoms with Crippen LogP contribution in [0.4, 0.5) is 0 Å². The summed E-state index contributed by atoms with van der Waals surface area (Å²) < 4.78 is 0. The fourth-order valence-electron chi connectivity index (χ4n) is 2.92. The molecule has 3 heteroatoms. The van der Waals surface area contributed by atoms with Crippen molar-refractivity contribution in [2.45, 2.75) is 31.7 Å². The third kappa shape index (κ3) is 2.93. The lowest BCUT2D eigenvalue weighted by Crippen LogP contribution is -2.35. The molecule has 1 fully saturated rings. The number of likely N-dealkylation sites (tertiary alicyclic amines) is 1. The zero-order valence-electron chi connectivity index (χ0n) is 11.5. The number of aryl methyl sites for hydroxylation is 1. The molecule has 2 heterocycles. The van der Waals surface area contributed by atoms with Gasteiger partial charge in [-0.15, -0.1) is 11.3 Å². The summed E-state index contributed by atoms with van der Waals surface area (Å²) in [6.07, 6.45) is 4.40. The van der Waals surface area contributed by atoms with Gasteiger partial charge in [0.2, 0.25) is 0 Å². The Labute approximate surface area is 124 Å².